The monoisotopic (exact) mass is 516 g/mol. The van der Waals surface area contributed by atoms with Crippen molar-refractivity contribution in [2.24, 2.45) is 0 Å². The van der Waals surface area contributed by atoms with Crippen molar-refractivity contribution in [2.75, 3.05) is 25.7 Å². The zero-order valence-corrected chi connectivity index (χ0v) is 20.8. The molecule has 10 heteroatoms. The third kappa shape index (κ3) is 6.09. The molecule has 0 aliphatic heterocycles. The number of aromatic nitrogens is 1. The van der Waals surface area contributed by atoms with E-state index in [1.165, 1.54) is 49.7 Å². The molecule has 0 N–H and O–H groups in total. The summed E-state index contributed by atoms with van der Waals surface area (Å²) in [7, 11) is 2.48. The van der Waals surface area contributed by atoms with Crippen LogP contribution in [0.5, 0.6) is 5.75 Å². The third-order valence-corrected chi connectivity index (χ3v) is 5.90. The van der Waals surface area contributed by atoms with E-state index in [0.29, 0.717) is 24.8 Å². The van der Waals surface area contributed by atoms with E-state index in [0.717, 1.165) is 12.5 Å². The second kappa shape index (κ2) is 12.3. The lowest BCUT2D eigenvalue weighted by Crippen LogP contribution is -2.34. The Morgan fingerprint density at radius 1 is 1.08 bits per heavy atom. The molecule has 1 amide bonds. The summed E-state index contributed by atoms with van der Waals surface area (Å²) in [6.07, 6.45) is 6.39. The number of methoxy groups -OCH3 is 2. The highest BCUT2D eigenvalue weighted by Gasteiger charge is 2.30. The van der Waals surface area contributed by atoms with Crippen molar-refractivity contribution >= 4 is 35.1 Å². The van der Waals surface area contributed by atoms with Crippen molar-refractivity contribution in [3.8, 4) is 5.75 Å². The van der Waals surface area contributed by atoms with Gasteiger partial charge < -0.3 is 19.1 Å². The quantitative estimate of drug-likeness (QED) is 0.349. The molecule has 1 aromatic heterocycles. The number of carbonyl (C=O) groups excluding carboxylic acids is 3. The Morgan fingerprint density at radius 2 is 1.78 bits per heavy atom. The Labute approximate surface area is 213 Å². The van der Waals surface area contributed by atoms with Crippen LogP contribution >= 0.6 is 11.6 Å². The minimum Gasteiger partial charge on any atom is -0.488 e. The maximum Gasteiger partial charge on any atom is 0.339 e. The Hall–Kier alpha value is -3.72. The molecule has 0 saturated heterocycles. The van der Waals surface area contributed by atoms with Gasteiger partial charge in [0, 0.05) is 29.6 Å². The van der Waals surface area contributed by atoms with Gasteiger partial charge in [-0.3, -0.25) is 9.78 Å². The molecule has 1 aliphatic rings. The number of ether oxygens (including phenoxy) is 3. The molecule has 0 unspecified atom stereocenters. The largest absolute Gasteiger partial charge is 0.488 e. The van der Waals surface area contributed by atoms with Gasteiger partial charge in [-0.1, -0.05) is 24.3 Å². The summed E-state index contributed by atoms with van der Waals surface area (Å²) in [4.78, 5) is 43.5. The van der Waals surface area contributed by atoms with Crippen molar-refractivity contribution in [1.82, 2.24) is 4.98 Å². The van der Waals surface area contributed by atoms with E-state index in [1.807, 2.05) is 0 Å². The summed E-state index contributed by atoms with van der Waals surface area (Å²) >= 11 is 6.15. The maximum absolute atomic E-state index is 15.3. The first-order valence-corrected chi connectivity index (χ1v) is 11.6. The highest BCUT2D eigenvalue weighted by Crippen LogP contribution is 2.36. The van der Waals surface area contributed by atoms with E-state index in [2.05, 4.69) is 11.6 Å². The molecule has 1 aliphatic carbocycles. The second-order valence-corrected chi connectivity index (χ2v) is 8.36. The van der Waals surface area contributed by atoms with Crippen LogP contribution in [-0.4, -0.2) is 43.7 Å². The first-order chi connectivity index (χ1) is 17.3. The summed E-state index contributed by atoms with van der Waals surface area (Å²) in [6, 6.07) is 3.87. The number of halogens is 2. The van der Waals surface area contributed by atoms with E-state index >= 15 is 4.39 Å². The number of pyridine rings is 1. The Balaban J connectivity index is 2.14. The predicted molar refractivity (Wildman–Crippen MR) is 131 cm³/mol. The van der Waals surface area contributed by atoms with Crippen molar-refractivity contribution in [3.63, 3.8) is 0 Å². The molecule has 3 rings (SSSR count). The van der Waals surface area contributed by atoms with Crippen LogP contribution < -0.4 is 9.64 Å². The number of hydrogen-bond donors (Lipinski definition) is 0. The Kier molecular flexibility index (Phi) is 9.19. The fourth-order valence-corrected chi connectivity index (χ4v) is 4.09. The van der Waals surface area contributed by atoms with Crippen LogP contribution in [0.4, 0.5) is 10.1 Å². The average Bonchev–Trinajstić information content (AvgIpc) is 2.90. The number of anilines is 1. The molecular formula is C26H26ClFN2O6. The van der Waals surface area contributed by atoms with Crippen LogP contribution in [0.15, 0.2) is 54.4 Å². The van der Waals surface area contributed by atoms with Gasteiger partial charge in [0.05, 0.1) is 37.0 Å². The molecule has 36 heavy (non-hydrogen) atoms. The number of nitrogens with zero attached hydrogens (tertiary/aromatic N) is 2. The molecule has 0 bridgehead atoms. The van der Waals surface area contributed by atoms with Crippen LogP contribution in [0.25, 0.3) is 0 Å². The molecule has 190 valence electrons. The van der Waals surface area contributed by atoms with Gasteiger partial charge in [-0.25, -0.2) is 14.0 Å². The van der Waals surface area contributed by atoms with Gasteiger partial charge in [0.15, 0.2) is 0 Å². The van der Waals surface area contributed by atoms with Crippen LogP contribution in [0, 0.1) is 5.82 Å². The van der Waals surface area contributed by atoms with E-state index in [9.17, 15) is 14.4 Å². The van der Waals surface area contributed by atoms with Crippen molar-refractivity contribution in [3.05, 3.63) is 76.4 Å². The van der Waals surface area contributed by atoms with E-state index in [-0.39, 0.29) is 46.3 Å². The van der Waals surface area contributed by atoms with Gasteiger partial charge in [0.2, 0.25) is 0 Å². The second-order valence-electron chi connectivity index (χ2n) is 7.95. The molecule has 8 nitrogen and oxygen atoms in total. The smallest absolute Gasteiger partial charge is 0.339 e. The maximum atomic E-state index is 15.3. The van der Waals surface area contributed by atoms with Gasteiger partial charge in [0.1, 0.15) is 18.2 Å². The highest BCUT2D eigenvalue weighted by molar-refractivity contribution is 6.32. The van der Waals surface area contributed by atoms with Gasteiger partial charge in [-0.2, -0.15) is 0 Å². The van der Waals surface area contributed by atoms with Crippen molar-refractivity contribution in [2.45, 2.75) is 32.2 Å². The predicted octanol–water partition coefficient (Wildman–Crippen LogP) is 4.80. The zero-order valence-electron chi connectivity index (χ0n) is 20.0. The fraction of sp³-hybridized carbons (Fsp3) is 0.308. The van der Waals surface area contributed by atoms with Crippen LogP contribution in [0.1, 0.15) is 41.6 Å². The highest BCUT2D eigenvalue weighted by atomic mass is 35.5. The van der Waals surface area contributed by atoms with Gasteiger partial charge in [-0.15, -0.1) is 0 Å². The van der Waals surface area contributed by atoms with Crippen molar-refractivity contribution in [1.29, 1.82) is 0 Å². The van der Waals surface area contributed by atoms with E-state index in [4.69, 9.17) is 25.8 Å². The molecule has 2 aromatic rings. The van der Waals surface area contributed by atoms with Gasteiger partial charge in [-0.05, 0) is 43.4 Å². The molecule has 1 aromatic carbocycles. The summed E-state index contributed by atoms with van der Waals surface area (Å²) in [5.74, 6) is -2.40. The standard InChI is InChI=1S/C26H26ClFN2O6/c1-4-9-36-23-12-22(21(28)11-20(23)27)30(15-16-10-17(14-29-13-16)25(32)34-2)24(31)18-7-5-6-8-19(18)26(33)35-3/h4,10-14H,1,5-9,15H2,2-3H3. The number of hydrogen-bond acceptors (Lipinski definition) is 7. The van der Waals surface area contributed by atoms with Crippen LogP contribution in [-0.2, 0) is 25.6 Å². The number of benzene rings is 1. The SMILES string of the molecule is C=CCOc1cc(N(Cc2cncc(C(=O)OC)c2)C(=O)C2=C(C(=O)OC)CCCC2)c(F)cc1Cl. The van der Waals surface area contributed by atoms with E-state index in [1.54, 1.807) is 0 Å². The first kappa shape index (κ1) is 26.9. The van der Waals surface area contributed by atoms with Crippen LogP contribution in [0.2, 0.25) is 5.02 Å². The number of rotatable bonds is 9. The van der Waals surface area contributed by atoms with E-state index < -0.39 is 23.7 Å². The molecule has 0 spiro atoms. The fourth-order valence-electron chi connectivity index (χ4n) is 3.89. The number of carbonyl (C=O) groups is 3. The summed E-state index contributed by atoms with van der Waals surface area (Å²) in [5, 5.41) is 0.0204. The molecule has 0 saturated carbocycles. The molecule has 0 atom stereocenters. The number of esters is 2. The number of amides is 1. The summed E-state index contributed by atoms with van der Waals surface area (Å²) < 4.78 is 30.4. The van der Waals surface area contributed by atoms with Gasteiger partial charge >= 0.3 is 11.9 Å². The lowest BCUT2D eigenvalue weighted by molar-refractivity contribution is -0.136. The average molecular weight is 517 g/mol. The minimum atomic E-state index is -0.771. The lowest BCUT2D eigenvalue weighted by atomic mass is 9.90. The summed E-state index contributed by atoms with van der Waals surface area (Å²) in [5.41, 5.74) is 0.992. The van der Waals surface area contributed by atoms with Crippen LogP contribution in [0.3, 0.4) is 0 Å². The lowest BCUT2D eigenvalue weighted by Gasteiger charge is -2.28. The minimum absolute atomic E-state index is 0.0204. The molecule has 1 heterocycles. The zero-order chi connectivity index (χ0) is 26.2. The molecule has 0 fully saturated rings. The Bertz CT molecular complexity index is 1210. The van der Waals surface area contributed by atoms with Crippen molar-refractivity contribution < 1.29 is 33.0 Å². The third-order valence-electron chi connectivity index (χ3n) is 5.61. The first-order valence-electron chi connectivity index (χ1n) is 11.2. The normalized spacial score (nSPS) is 13.1. The Morgan fingerprint density at radius 3 is 2.44 bits per heavy atom. The topological polar surface area (TPSA) is 95.0 Å². The molecular weight excluding hydrogens is 491 g/mol. The molecule has 0 radical (unpaired) electrons. The summed E-state index contributed by atoms with van der Waals surface area (Å²) in [6.45, 7) is 3.54. The van der Waals surface area contributed by atoms with Gasteiger partial charge in [0.25, 0.3) is 5.91 Å².